The minimum Gasteiger partial charge on any atom is -0.311 e. The third kappa shape index (κ3) is 1.30. The predicted octanol–water partition coefficient (Wildman–Crippen LogP) is 0.936. The zero-order chi connectivity index (χ0) is 8.32. The van der Waals surface area contributed by atoms with Crippen molar-refractivity contribution in [1.82, 2.24) is 0 Å². The Hall–Kier alpha value is -1.16. The van der Waals surface area contributed by atoms with Gasteiger partial charge in [-0.25, -0.2) is 0 Å². The van der Waals surface area contributed by atoms with E-state index >= 15 is 0 Å². The van der Waals surface area contributed by atoms with E-state index in [1.807, 2.05) is 0 Å². The van der Waals surface area contributed by atoms with E-state index in [-0.39, 0.29) is 0 Å². The Bertz CT molecular complexity index is 208. The van der Waals surface area contributed by atoms with Gasteiger partial charge in [0, 0.05) is 25.7 Å². The number of allylic oxidation sites excluding steroid dienone is 2. The van der Waals surface area contributed by atoms with Gasteiger partial charge >= 0.3 is 5.72 Å². The Kier molecular flexibility index (Phi) is 2.05. The summed E-state index contributed by atoms with van der Waals surface area (Å²) in [5.74, 6) is 0. The van der Waals surface area contributed by atoms with Crippen LogP contribution in [-0.4, -0.2) is 17.8 Å². The van der Waals surface area contributed by atoms with E-state index in [0.717, 1.165) is 0 Å². The summed E-state index contributed by atoms with van der Waals surface area (Å²) in [6.45, 7) is 0. The first-order valence-electron chi connectivity index (χ1n) is 3.11. The van der Waals surface area contributed by atoms with E-state index in [1.54, 1.807) is 18.6 Å². The summed E-state index contributed by atoms with van der Waals surface area (Å²) in [5.41, 5.74) is -1.45. The lowest BCUT2D eigenvalue weighted by atomic mass is 10.1. The van der Waals surface area contributed by atoms with Gasteiger partial charge in [-0.15, -0.1) is 0 Å². The number of hydrogen-bond acceptors (Lipinski definition) is 3. The number of rotatable bonds is 2. The molecule has 1 aliphatic rings. The lowest BCUT2D eigenvalue weighted by molar-refractivity contribution is -0.594. The second-order valence-electron chi connectivity index (χ2n) is 2.12. The zero-order valence-corrected chi connectivity index (χ0v) is 6.06. The highest BCUT2D eigenvalue weighted by molar-refractivity contribution is 5.23. The molecule has 0 atom stereocenters. The molecule has 0 heterocycles. The highest BCUT2D eigenvalue weighted by Crippen LogP contribution is 2.18. The van der Waals surface area contributed by atoms with Gasteiger partial charge in [-0.1, -0.05) is 12.2 Å². The molecule has 1 rings (SSSR count). The Morgan fingerprint density at radius 1 is 1.45 bits per heavy atom. The Morgan fingerprint density at radius 3 is 2.27 bits per heavy atom. The highest BCUT2D eigenvalue weighted by atomic mass is 16.7. The van der Waals surface area contributed by atoms with Crippen molar-refractivity contribution in [2.75, 3.05) is 7.11 Å². The third-order valence-corrected chi connectivity index (χ3v) is 1.50. The van der Waals surface area contributed by atoms with Crippen LogP contribution >= 0.6 is 0 Å². The maximum atomic E-state index is 10.5. The quantitative estimate of drug-likeness (QED) is 0.338. The number of nitro groups is 1. The van der Waals surface area contributed by atoms with Crippen LogP contribution in [0.3, 0.4) is 0 Å². The van der Waals surface area contributed by atoms with E-state index < -0.39 is 10.6 Å². The molecule has 0 bridgehead atoms. The van der Waals surface area contributed by atoms with Gasteiger partial charge in [0.05, 0.1) is 4.92 Å². The summed E-state index contributed by atoms with van der Waals surface area (Å²) in [6, 6.07) is 0. The van der Waals surface area contributed by atoms with Crippen molar-refractivity contribution in [3.8, 4) is 0 Å². The maximum Gasteiger partial charge on any atom is 0.364 e. The SMILES string of the molecule is COC1([N+](=O)[O-])C=C[CH]C=C1. The van der Waals surface area contributed by atoms with Crippen LogP contribution in [0, 0.1) is 16.5 Å². The molecule has 0 amide bonds. The highest BCUT2D eigenvalue weighted by Gasteiger charge is 2.37. The first-order valence-corrected chi connectivity index (χ1v) is 3.11. The summed E-state index contributed by atoms with van der Waals surface area (Å²) in [4.78, 5) is 9.99. The molecule has 0 fully saturated rings. The first-order chi connectivity index (χ1) is 5.21. The second kappa shape index (κ2) is 2.84. The topological polar surface area (TPSA) is 52.4 Å². The molecule has 0 aromatic heterocycles. The Balaban J connectivity index is 2.90. The lowest BCUT2D eigenvalue weighted by Crippen LogP contribution is -2.36. The Labute approximate surface area is 64.3 Å². The molecule has 0 saturated heterocycles. The fourth-order valence-corrected chi connectivity index (χ4v) is 0.839. The molecule has 4 heteroatoms. The van der Waals surface area contributed by atoms with Crippen LogP contribution in [0.15, 0.2) is 24.3 Å². The number of hydrogen-bond donors (Lipinski definition) is 0. The van der Waals surface area contributed by atoms with Gasteiger partial charge in [0.15, 0.2) is 0 Å². The van der Waals surface area contributed by atoms with Crippen molar-refractivity contribution < 1.29 is 9.66 Å². The zero-order valence-electron chi connectivity index (χ0n) is 6.06. The molecule has 0 aromatic carbocycles. The van der Waals surface area contributed by atoms with Crippen LogP contribution in [0.25, 0.3) is 0 Å². The molecular weight excluding hydrogens is 146 g/mol. The molecule has 0 spiro atoms. The average Bonchev–Trinajstić information content (AvgIpc) is 2.05. The van der Waals surface area contributed by atoms with Crippen molar-refractivity contribution in [1.29, 1.82) is 0 Å². The summed E-state index contributed by atoms with van der Waals surface area (Å²) >= 11 is 0. The van der Waals surface area contributed by atoms with Crippen LogP contribution in [0.2, 0.25) is 0 Å². The minimum atomic E-state index is -1.45. The van der Waals surface area contributed by atoms with Gasteiger partial charge in [0.1, 0.15) is 0 Å². The van der Waals surface area contributed by atoms with Gasteiger partial charge < -0.3 is 4.74 Å². The Morgan fingerprint density at radius 2 is 2.00 bits per heavy atom. The van der Waals surface area contributed by atoms with Gasteiger partial charge in [-0.3, -0.25) is 10.1 Å². The molecule has 1 aliphatic carbocycles. The second-order valence-corrected chi connectivity index (χ2v) is 2.12. The van der Waals surface area contributed by atoms with Crippen molar-refractivity contribution in [3.63, 3.8) is 0 Å². The van der Waals surface area contributed by atoms with Crippen molar-refractivity contribution in [2.24, 2.45) is 0 Å². The molecule has 0 saturated carbocycles. The number of ether oxygens (including phenoxy) is 1. The molecule has 1 radical (unpaired) electrons. The van der Waals surface area contributed by atoms with Crippen LogP contribution in [-0.2, 0) is 4.74 Å². The standard InChI is InChI=1S/C7H8NO3/c1-11-7(8(9)10)5-3-2-4-6-7/h2-6H,1H3. The molecule has 4 nitrogen and oxygen atoms in total. The lowest BCUT2D eigenvalue weighted by Gasteiger charge is -2.17. The molecular formula is C7H8NO3. The van der Waals surface area contributed by atoms with Crippen LogP contribution in [0.4, 0.5) is 0 Å². The third-order valence-electron chi connectivity index (χ3n) is 1.50. The fraction of sp³-hybridized carbons (Fsp3) is 0.286. The van der Waals surface area contributed by atoms with Crippen LogP contribution in [0.1, 0.15) is 0 Å². The average molecular weight is 154 g/mol. The largest absolute Gasteiger partial charge is 0.364 e. The molecule has 11 heavy (non-hydrogen) atoms. The van der Waals surface area contributed by atoms with Crippen molar-refractivity contribution >= 4 is 0 Å². The molecule has 59 valence electrons. The number of nitrogens with zero attached hydrogens (tertiary/aromatic N) is 1. The van der Waals surface area contributed by atoms with Gasteiger partial charge in [0.25, 0.3) is 0 Å². The normalized spacial score (nSPS) is 20.1. The van der Waals surface area contributed by atoms with E-state index in [9.17, 15) is 10.1 Å². The van der Waals surface area contributed by atoms with Crippen LogP contribution < -0.4 is 0 Å². The van der Waals surface area contributed by atoms with Crippen molar-refractivity contribution in [3.05, 3.63) is 40.8 Å². The summed E-state index contributed by atoms with van der Waals surface area (Å²) in [5, 5.41) is 10.5. The molecule has 0 aromatic rings. The summed E-state index contributed by atoms with van der Waals surface area (Å²) < 4.78 is 4.75. The van der Waals surface area contributed by atoms with Gasteiger partial charge in [0.2, 0.25) is 0 Å². The summed E-state index contributed by atoms with van der Waals surface area (Å²) in [6.07, 6.45) is 7.68. The minimum absolute atomic E-state index is 0.479. The molecule has 0 aliphatic heterocycles. The van der Waals surface area contributed by atoms with Gasteiger partial charge in [-0.2, -0.15) is 0 Å². The smallest absolute Gasteiger partial charge is 0.311 e. The van der Waals surface area contributed by atoms with E-state index in [4.69, 9.17) is 4.74 Å². The van der Waals surface area contributed by atoms with Gasteiger partial charge in [-0.05, 0) is 0 Å². The maximum absolute atomic E-state index is 10.5. The van der Waals surface area contributed by atoms with Crippen LogP contribution in [0.5, 0.6) is 0 Å². The monoisotopic (exact) mass is 154 g/mol. The fourth-order valence-electron chi connectivity index (χ4n) is 0.839. The van der Waals surface area contributed by atoms with E-state index in [0.29, 0.717) is 0 Å². The summed E-state index contributed by atoms with van der Waals surface area (Å²) in [7, 11) is 1.31. The van der Waals surface area contributed by atoms with E-state index in [2.05, 4.69) is 0 Å². The predicted molar refractivity (Wildman–Crippen MR) is 39.3 cm³/mol. The van der Waals surface area contributed by atoms with Crippen molar-refractivity contribution in [2.45, 2.75) is 5.72 Å². The number of methoxy groups -OCH3 is 1. The first kappa shape index (κ1) is 7.94. The van der Waals surface area contributed by atoms with E-state index in [1.165, 1.54) is 19.3 Å². The molecule has 0 N–H and O–H groups in total. The molecule has 0 unspecified atom stereocenters.